The van der Waals surface area contributed by atoms with E-state index in [1.165, 1.54) is 31.0 Å². The number of aromatic nitrogens is 1. The zero-order valence-corrected chi connectivity index (χ0v) is 19.9. The minimum atomic E-state index is -0.528. The third-order valence-electron chi connectivity index (χ3n) is 5.79. The van der Waals surface area contributed by atoms with Crippen LogP contribution in [0.5, 0.6) is 11.5 Å². The molecule has 0 bridgehead atoms. The highest BCUT2D eigenvalue weighted by Crippen LogP contribution is 2.28. The van der Waals surface area contributed by atoms with Crippen LogP contribution in [0, 0.1) is 10.1 Å². The van der Waals surface area contributed by atoms with E-state index in [0.29, 0.717) is 29.2 Å². The number of likely N-dealkylation sites (tertiary alicyclic amines) is 1. The number of rotatable bonds is 9. The monoisotopic (exact) mass is 489 g/mol. The van der Waals surface area contributed by atoms with E-state index in [2.05, 4.69) is 15.5 Å². The van der Waals surface area contributed by atoms with E-state index in [9.17, 15) is 14.9 Å². The van der Waals surface area contributed by atoms with Gasteiger partial charge in [0.05, 0.1) is 18.2 Å². The van der Waals surface area contributed by atoms with Gasteiger partial charge in [-0.1, -0.05) is 12.1 Å². The molecule has 0 radical (unpaired) electrons. The second-order valence-corrected chi connectivity index (χ2v) is 8.25. The van der Waals surface area contributed by atoms with Gasteiger partial charge in [0, 0.05) is 30.9 Å². The standard InChI is InChI=1S/C26H27N5O5/c1-35-24-16-20(17-28-29-25-22(31(33)34)6-5-13-27-25)9-12-23(24)36-18-19-7-10-21(11-8-19)26(32)30-14-3-2-4-15-30/h5-13,16-17H,2-4,14-15,18H2,1H3,(H,27,29)/b28-17-. The minimum absolute atomic E-state index is 0.0503. The van der Waals surface area contributed by atoms with Gasteiger partial charge in [0.2, 0.25) is 5.82 Å². The van der Waals surface area contributed by atoms with Gasteiger partial charge in [0.1, 0.15) is 6.61 Å². The van der Waals surface area contributed by atoms with Crippen LogP contribution in [0.15, 0.2) is 65.9 Å². The lowest BCUT2D eigenvalue weighted by molar-refractivity contribution is -0.384. The number of hydrogen-bond donors (Lipinski definition) is 1. The van der Waals surface area contributed by atoms with Crippen molar-refractivity contribution < 1.29 is 19.2 Å². The van der Waals surface area contributed by atoms with E-state index in [-0.39, 0.29) is 17.4 Å². The van der Waals surface area contributed by atoms with E-state index >= 15 is 0 Å². The first-order chi connectivity index (χ1) is 17.5. The Kier molecular flexibility index (Phi) is 8.07. The highest BCUT2D eigenvalue weighted by Gasteiger charge is 2.18. The first-order valence-corrected chi connectivity index (χ1v) is 11.6. The highest BCUT2D eigenvalue weighted by molar-refractivity contribution is 5.94. The molecule has 10 heteroatoms. The number of carbonyl (C=O) groups is 1. The fraction of sp³-hybridized carbons (Fsp3) is 0.269. The third kappa shape index (κ3) is 6.15. The van der Waals surface area contributed by atoms with Gasteiger partial charge in [-0.25, -0.2) is 4.98 Å². The number of benzene rings is 2. The van der Waals surface area contributed by atoms with E-state index in [0.717, 1.165) is 31.5 Å². The molecular weight excluding hydrogens is 462 g/mol. The van der Waals surface area contributed by atoms with Gasteiger partial charge < -0.3 is 14.4 Å². The molecule has 0 unspecified atom stereocenters. The van der Waals surface area contributed by atoms with Crippen molar-refractivity contribution in [3.63, 3.8) is 0 Å². The molecule has 1 aromatic heterocycles. The normalized spacial score (nSPS) is 13.4. The number of nitro groups is 1. The van der Waals surface area contributed by atoms with E-state index in [4.69, 9.17) is 9.47 Å². The second-order valence-electron chi connectivity index (χ2n) is 8.25. The van der Waals surface area contributed by atoms with E-state index < -0.39 is 4.92 Å². The van der Waals surface area contributed by atoms with Crippen molar-refractivity contribution in [1.82, 2.24) is 9.88 Å². The second kappa shape index (κ2) is 11.8. The van der Waals surface area contributed by atoms with Crippen LogP contribution in [-0.4, -0.2) is 47.1 Å². The maximum absolute atomic E-state index is 12.6. The Labute approximate surface area is 208 Å². The van der Waals surface area contributed by atoms with Crippen molar-refractivity contribution in [3.8, 4) is 11.5 Å². The molecule has 0 saturated carbocycles. The van der Waals surface area contributed by atoms with Gasteiger partial charge in [0.25, 0.3) is 5.91 Å². The fourth-order valence-corrected chi connectivity index (χ4v) is 3.87. The van der Waals surface area contributed by atoms with Crippen molar-refractivity contribution in [2.45, 2.75) is 25.9 Å². The molecule has 10 nitrogen and oxygen atoms in total. The van der Waals surface area contributed by atoms with Crippen molar-refractivity contribution in [2.24, 2.45) is 5.10 Å². The molecular formula is C26H27N5O5. The number of ether oxygens (including phenoxy) is 2. The summed E-state index contributed by atoms with van der Waals surface area (Å²) < 4.78 is 11.4. The van der Waals surface area contributed by atoms with Crippen LogP contribution in [0.3, 0.4) is 0 Å². The molecule has 2 heterocycles. The molecule has 0 atom stereocenters. The van der Waals surface area contributed by atoms with Crippen molar-refractivity contribution >= 4 is 23.6 Å². The van der Waals surface area contributed by atoms with Gasteiger partial charge in [-0.2, -0.15) is 5.10 Å². The first-order valence-electron chi connectivity index (χ1n) is 11.6. The summed E-state index contributed by atoms with van der Waals surface area (Å²) in [5.41, 5.74) is 4.74. The molecule has 3 aromatic rings. The van der Waals surface area contributed by atoms with Gasteiger partial charge in [-0.05, 0) is 66.8 Å². The molecule has 1 amide bonds. The average molecular weight is 490 g/mol. The Morgan fingerprint density at radius 2 is 1.92 bits per heavy atom. The van der Waals surface area contributed by atoms with Gasteiger partial charge in [-0.3, -0.25) is 20.3 Å². The topological polar surface area (TPSA) is 119 Å². The van der Waals surface area contributed by atoms with Crippen molar-refractivity contribution in [2.75, 3.05) is 25.6 Å². The number of nitrogens with zero attached hydrogens (tertiary/aromatic N) is 4. The largest absolute Gasteiger partial charge is 0.493 e. The summed E-state index contributed by atoms with van der Waals surface area (Å²) in [6.07, 6.45) is 6.26. The summed E-state index contributed by atoms with van der Waals surface area (Å²) in [6, 6.07) is 15.6. The zero-order valence-electron chi connectivity index (χ0n) is 19.9. The Morgan fingerprint density at radius 3 is 2.64 bits per heavy atom. The smallest absolute Gasteiger partial charge is 0.313 e. The lowest BCUT2D eigenvalue weighted by atomic mass is 10.1. The molecule has 36 heavy (non-hydrogen) atoms. The van der Waals surface area contributed by atoms with E-state index in [1.54, 1.807) is 25.3 Å². The summed E-state index contributed by atoms with van der Waals surface area (Å²) in [5.74, 6) is 1.19. The molecule has 1 aliphatic rings. The van der Waals surface area contributed by atoms with Gasteiger partial charge in [0.15, 0.2) is 11.5 Å². The first kappa shape index (κ1) is 24.6. The quantitative estimate of drug-likeness (QED) is 0.264. The van der Waals surface area contributed by atoms with Crippen LogP contribution in [0.25, 0.3) is 0 Å². The fourth-order valence-electron chi connectivity index (χ4n) is 3.87. The molecule has 0 aliphatic carbocycles. The summed E-state index contributed by atoms with van der Waals surface area (Å²) in [5, 5.41) is 15.1. The van der Waals surface area contributed by atoms with Gasteiger partial charge >= 0.3 is 5.69 Å². The molecule has 186 valence electrons. The summed E-state index contributed by atoms with van der Waals surface area (Å²) in [6.45, 7) is 1.96. The molecule has 1 saturated heterocycles. The summed E-state index contributed by atoms with van der Waals surface area (Å²) in [4.78, 5) is 29.0. The lowest BCUT2D eigenvalue weighted by Crippen LogP contribution is -2.35. The molecule has 1 aliphatic heterocycles. The number of anilines is 1. The summed E-state index contributed by atoms with van der Waals surface area (Å²) in [7, 11) is 1.54. The minimum Gasteiger partial charge on any atom is -0.493 e. The van der Waals surface area contributed by atoms with Crippen LogP contribution < -0.4 is 14.9 Å². The predicted molar refractivity (Wildman–Crippen MR) is 136 cm³/mol. The zero-order chi connectivity index (χ0) is 25.3. The number of hydrazone groups is 1. The highest BCUT2D eigenvalue weighted by atomic mass is 16.6. The van der Waals surface area contributed by atoms with Crippen LogP contribution in [0.2, 0.25) is 0 Å². The summed E-state index contributed by atoms with van der Waals surface area (Å²) >= 11 is 0. The van der Waals surface area contributed by atoms with Crippen LogP contribution in [0.4, 0.5) is 11.5 Å². The van der Waals surface area contributed by atoms with Crippen LogP contribution in [-0.2, 0) is 6.61 Å². The molecule has 2 aromatic carbocycles. The Morgan fingerprint density at radius 1 is 1.14 bits per heavy atom. The predicted octanol–water partition coefficient (Wildman–Crippen LogP) is 4.65. The van der Waals surface area contributed by atoms with Crippen molar-refractivity contribution in [1.29, 1.82) is 0 Å². The Hall–Kier alpha value is -4.47. The van der Waals surface area contributed by atoms with E-state index in [1.807, 2.05) is 29.2 Å². The number of methoxy groups -OCH3 is 1. The molecule has 0 spiro atoms. The average Bonchev–Trinajstić information content (AvgIpc) is 2.92. The number of carbonyl (C=O) groups excluding carboxylic acids is 1. The number of hydrogen-bond acceptors (Lipinski definition) is 8. The number of nitrogens with one attached hydrogen (secondary N) is 1. The van der Waals surface area contributed by atoms with Crippen LogP contribution in [0.1, 0.15) is 40.7 Å². The lowest BCUT2D eigenvalue weighted by Gasteiger charge is -2.26. The maximum atomic E-state index is 12.6. The Balaban J connectivity index is 1.36. The van der Waals surface area contributed by atoms with Gasteiger partial charge in [-0.15, -0.1) is 0 Å². The molecule has 1 N–H and O–H groups in total. The maximum Gasteiger partial charge on any atom is 0.313 e. The number of amides is 1. The number of piperidine rings is 1. The SMILES string of the molecule is COc1cc(/C=N\Nc2ncccc2[N+](=O)[O-])ccc1OCc1ccc(C(=O)N2CCCCC2)cc1. The van der Waals surface area contributed by atoms with Crippen molar-refractivity contribution in [3.05, 3.63) is 87.6 Å². The molecule has 1 fully saturated rings. The molecule has 4 rings (SSSR count). The Bertz CT molecular complexity index is 1240. The third-order valence-corrected chi connectivity index (χ3v) is 5.79. The van der Waals surface area contributed by atoms with Crippen LogP contribution >= 0.6 is 0 Å². The number of pyridine rings is 1.